The van der Waals surface area contributed by atoms with Gasteiger partial charge < -0.3 is 19.9 Å². The molecule has 5 nitrogen and oxygen atoms in total. The lowest BCUT2D eigenvalue weighted by molar-refractivity contribution is -0.118. The maximum absolute atomic E-state index is 12.4. The summed E-state index contributed by atoms with van der Waals surface area (Å²) in [4.78, 5) is 17.0. The van der Waals surface area contributed by atoms with Crippen molar-refractivity contribution in [2.24, 2.45) is 0 Å². The fourth-order valence-corrected chi connectivity index (χ4v) is 3.51. The van der Waals surface area contributed by atoms with Crippen LogP contribution in [0, 0.1) is 0 Å². The second-order valence-electron chi connectivity index (χ2n) is 6.35. The fraction of sp³-hybridized carbons (Fsp3) is 0.350. The van der Waals surface area contributed by atoms with Crippen LogP contribution >= 0.6 is 23.2 Å². The predicted octanol–water partition coefficient (Wildman–Crippen LogP) is 4.15. The minimum atomic E-state index is -0.235. The summed E-state index contributed by atoms with van der Waals surface area (Å²) in [5.41, 5.74) is 1.58. The van der Waals surface area contributed by atoms with Gasteiger partial charge in [0.1, 0.15) is 5.75 Å². The number of piperazine rings is 1. The highest BCUT2D eigenvalue weighted by atomic mass is 35.5. The Hall–Kier alpha value is -1.95. The topological polar surface area (TPSA) is 44.8 Å². The number of hydrogen-bond acceptors (Lipinski definition) is 4. The number of hydrogen-bond donors (Lipinski definition) is 1. The van der Waals surface area contributed by atoms with E-state index in [0.717, 1.165) is 38.4 Å². The van der Waals surface area contributed by atoms with Crippen LogP contribution in [0.2, 0.25) is 10.0 Å². The molecule has 2 aromatic carbocycles. The first kappa shape index (κ1) is 19.8. The van der Waals surface area contributed by atoms with Crippen LogP contribution in [-0.2, 0) is 4.79 Å². The first-order valence-corrected chi connectivity index (χ1v) is 9.76. The number of halogens is 2. The molecule has 1 N–H and O–H groups in total. The summed E-state index contributed by atoms with van der Waals surface area (Å²) in [7, 11) is 0. The summed E-state index contributed by atoms with van der Waals surface area (Å²) in [5.74, 6) is 0.359. The van der Waals surface area contributed by atoms with E-state index in [1.807, 2.05) is 18.2 Å². The van der Waals surface area contributed by atoms with E-state index in [0.29, 0.717) is 21.5 Å². The van der Waals surface area contributed by atoms with Gasteiger partial charge in [-0.3, -0.25) is 4.79 Å². The van der Waals surface area contributed by atoms with Crippen LogP contribution in [-0.4, -0.2) is 50.1 Å². The highest BCUT2D eigenvalue weighted by Crippen LogP contribution is 2.34. The average molecular weight is 408 g/mol. The van der Waals surface area contributed by atoms with Crippen LogP contribution in [0.1, 0.15) is 6.92 Å². The molecule has 0 radical (unpaired) electrons. The lowest BCUT2D eigenvalue weighted by Gasteiger charge is -2.36. The number of nitrogens with one attached hydrogen (secondary N) is 1. The molecular formula is C20H23Cl2N3O2. The Labute approximate surface area is 169 Å². The van der Waals surface area contributed by atoms with Gasteiger partial charge in [-0.1, -0.05) is 36.2 Å². The minimum absolute atomic E-state index is 0.0861. The number of para-hydroxylation sites is 1. The van der Waals surface area contributed by atoms with E-state index in [-0.39, 0.29) is 12.5 Å². The van der Waals surface area contributed by atoms with Gasteiger partial charge in [-0.2, -0.15) is 0 Å². The van der Waals surface area contributed by atoms with Gasteiger partial charge in [0.25, 0.3) is 5.91 Å². The van der Waals surface area contributed by atoms with Crippen molar-refractivity contribution in [2.75, 3.05) is 49.5 Å². The molecule has 27 heavy (non-hydrogen) atoms. The SMILES string of the molecule is CCN1CCN(c2c(Cl)cccc2NC(=O)COc2ccc(Cl)cc2)CC1. The fourth-order valence-electron chi connectivity index (χ4n) is 3.09. The molecule has 0 aliphatic carbocycles. The van der Waals surface area contributed by atoms with Crippen molar-refractivity contribution < 1.29 is 9.53 Å². The zero-order valence-electron chi connectivity index (χ0n) is 15.3. The maximum Gasteiger partial charge on any atom is 0.262 e. The Bertz CT molecular complexity index is 775. The van der Waals surface area contributed by atoms with Gasteiger partial charge >= 0.3 is 0 Å². The quantitative estimate of drug-likeness (QED) is 0.780. The first-order chi connectivity index (χ1) is 13.1. The third-order valence-electron chi connectivity index (χ3n) is 4.58. The van der Waals surface area contributed by atoms with Crippen molar-refractivity contribution in [1.29, 1.82) is 0 Å². The van der Waals surface area contributed by atoms with E-state index < -0.39 is 0 Å². The Morgan fingerprint density at radius 2 is 1.78 bits per heavy atom. The van der Waals surface area contributed by atoms with Gasteiger partial charge in [0.2, 0.25) is 0 Å². The van der Waals surface area contributed by atoms with Crippen LogP contribution in [0.3, 0.4) is 0 Å². The van der Waals surface area contributed by atoms with Crippen molar-refractivity contribution in [3.63, 3.8) is 0 Å². The molecule has 1 fully saturated rings. The van der Waals surface area contributed by atoms with E-state index in [9.17, 15) is 4.79 Å². The molecule has 0 unspecified atom stereocenters. The van der Waals surface area contributed by atoms with Gasteiger partial charge in [0.15, 0.2) is 6.61 Å². The summed E-state index contributed by atoms with van der Waals surface area (Å²) in [6.07, 6.45) is 0. The van der Waals surface area contributed by atoms with Crippen LogP contribution in [0.25, 0.3) is 0 Å². The lowest BCUT2D eigenvalue weighted by Crippen LogP contribution is -2.46. The van der Waals surface area contributed by atoms with Crippen LogP contribution in [0.4, 0.5) is 11.4 Å². The molecule has 0 spiro atoms. The van der Waals surface area contributed by atoms with Crippen molar-refractivity contribution in [2.45, 2.75) is 6.92 Å². The van der Waals surface area contributed by atoms with Crippen molar-refractivity contribution in [3.05, 3.63) is 52.5 Å². The molecule has 0 bridgehead atoms. The van der Waals surface area contributed by atoms with Gasteiger partial charge in [0, 0.05) is 31.2 Å². The number of benzene rings is 2. The van der Waals surface area contributed by atoms with Crippen molar-refractivity contribution in [1.82, 2.24) is 4.90 Å². The zero-order chi connectivity index (χ0) is 19.2. The molecule has 144 valence electrons. The van der Waals surface area contributed by atoms with Gasteiger partial charge in [-0.25, -0.2) is 0 Å². The molecule has 2 aromatic rings. The van der Waals surface area contributed by atoms with E-state index in [4.69, 9.17) is 27.9 Å². The smallest absolute Gasteiger partial charge is 0.262 e. The molecule has 1 aliphatic rings. The second kappa shape index (κ2) is 9.31. The molecule has 0 aromatic heterocycles. The monoisotopic (exact) mass is 407 g/mol. The molecule has 1 saturated heterocycles. The van der Waals surface area contributed by atoms with E-state index in [2.05, 4.69) is 22.0 Å². The number of carbonyl (C=O) groups is 1. The van der Waals surface area contributed by atoms with Gasteiger partial charge in [-0.15, -0.1) is 0 Å². The third kappa shape index (κ3) is 5.28. The number of anilines is 2. The third-order valence-corrected chi connectivity index (χ3v) is 5.14. The average Bonchev–Trinajstić information content (AvgIpc) is 2.68. The van der Waals surface area contributed by atoms with Crippen LogP contribution < -0.4 is 15.0 Å². The van der Waals surface area contributed by atoms with Crippen molar-refractivity contribution >= 4 is 40.5 Å². The zero-order valence-corrected chi connectivity index (χ0v) is 16.8. The number of ether oxygens (including phenoxy) is 1. The number of nitrogens with zero attached hydrogens (tertiary/aromatic N) is 2. The lowest BCUT2D eigenvalue weighted by atomic mass is 10.2. The molecule has 0 atom stereocenters. The Balaban J connectivity index is 1.65. The van der Waals surface area contributed by atoms with Crippen molar-refractivity contribution in [3.8, 4) is 5.75 Å². The maximum atomic E-state index is 12.4. The molecule has 1 heterocycles. The second-order valence-corrected chi connectivity index (χ2v) is 7.19. The standard InChI is InChI=1S/C20H23Cl2N3O2/c1-2-24-10-12-25(13-11-24)20-17(22)4-3-5-18(20)23-19(26)14-27-16-8-6-15(21)7-9-16/h3-9H,2,10-14H2,1H3,(H,23,26). The molecule has 1 aliphatic heterocycles. The number of rotatable bonds is 6. The summed E-state index contributed by atoms with van der Waals surface area (Å²) < 4.78 is 5.52. The molecule has 1 amide bonds. The largest absolute Gasteiger partial charge is 0.484 e. The predicted molar refractivity (Wildman–Crippen MR) is 111 cm³/mol. The van der Waals surface area contributed by atoms with Gasteiger partial charge in [-0.05, 0) is 42.9 Å². The highest BCUT2D eigenvalue weighted by molar-refractivity contribution is 6.34. The Morgan fingerprint density at radius 3 is 2.44 bits per heavy atom. The van der Waals surface area contributed by atoms with E-state index in [1.165, 1.54) is 0 Å². The number of likely N-dealkylation sites (N-methyl/N-ethyl adjacent to an activating group) is 1. The van der Waals surface area contributed by atoms with Crippen LogP contribution in [0.5, 0.6) is 5.75 Å². The normalized spacial score (nSPS) is 14.9. The first-order valence-electron chi connectivity index (χ1n) is 9.01. The minimum Gasteiger partial charge on any atom is -0.484 e. The summed E-state index contributed by atoms with van der Waals surface area (Å²) in [6, 6.07) is 12.5. The highest BCUT2D eigenvalue weighted by Gasteiger charge is 2.21. The molecular weight excluding hydrogens is 385 g/mol. The van der Waals surface area contributed by atoms with E-state index >= 15 is 0 Å². The Morgan fingerprint density at radius 1 is 1.07 bits per heavy atom. The summed E-state index contributed by atoms with van der Waals surface area (Å²) in [5, 5.41) is 4.18. The number of amides is 1. The van der Waals surface area contributed by atoms with E-state index in [1.54, 1.807) is 24.3 Å². The molecule has 0 saturated carbocycles. The molecule has 3 rings (SSSR count). The number of carbonyl (C=O) groups excluding carboxylic acids is 1. The summed E-state index contributed by atoms with van der Waals surface area (Å²) in [6.45, 7) is 6.84. The Kier molecular flexibility index (Phi) is 6.83. The van der Waals surface area contributed by atoms with Crippen LogP contribution in [0.15, 0.2) is 42.5 Å². The summed E-state index contributed by atoms with van der Waals surface area (Å²) >= 11 is 12.3. The molecule has 7 heteroatoms. The van der Waals surface area contributed by atoms with Gasteiger partial charge in [0.05, 0.1) is 16.4 Å².